The minimum atomic E-state index is -0.351. The lowest BCUT2D eigenvalue weighted by atomic mass is 9.95. The van der Waals surface area contributed by atoms with Gasteiger partial charge in [0.25, 0.3) is 11.8 Å². The van der Waals surface area contributed by atoms with E-state index in [0.29, 0.717) is 11.1 Å². The first-order valence-corrected chi connectivity index (χ1v) is 12.7. The second-order valence-electron chi connectivity index (χ2n) is 8.76. The summed E-state index contributed by atoms with van der Waals surface area (Å²) in [5, 5.41) is 4.59. The molecule has 4 nitrogen and oxygen atoms in total. The van der Waals surface area contributed by atoms with Crippen molar-refractivity contribution < 1.29 is 9.59 Å². The van der Waals surface area contributed by atoms with Crippen LogP contribution in [0.4, 0.5) is 0 Å². The maximum atomic E-state index is 12.3. The van der Waals surface area contributed by atoms with Crippen LogP contribution in [-0.4, -0.2) is 16.8 Å². The van der Waals surface area contributed by atoms with Crippen LogP contribution in [0, 0.1) is 0 Å². The number of aromatic nitrogens is 1. The van der Waals surface area contributed by atoms with Crippen molar-refractivity contribution in [2.45, 2.75) is 0 Å². The van der Waals surface area contributed by atoms with Crippen molar-refractivity contribution in [2.24, 2.45) is 0 Å². The molecule has 0 unspecified atom stereocenters. The molecule has 2 N–H and O–H groups in total. The third-order valence-corrected chi connectivity index (χ3v) is 7.21. The van der Waals surface area contributed by atoms with E-state index in [9.17, 15) is 9.59 Å². The van der Waals surface area contributed by atoms with Gasteiger partial charge in [-0.2, -0.15) is 0 Å². The molecule has 0 fully saturated rings. The molecule has 0 atom stereocenters. The van der Waals surface area contributed by atoms with Crippen LogP contribution in [0.15, 0.2) is 120 Å². The molecule has 37 heavy (non-hydrogen) atoms. The van der Waals surface area contributed by atoms with E-state index in [1.807, 2.05) is 42.5 Å². The lowest BCUT2D eigenvalue weighted by Crippen LogP contribution is -2.20. The smallest absolute Gasteiger partial charge is 0.259 e. The molecular weight excluding hydrogens is 524 g/mol. The number of aromatic amines is 1. The number of fused-ring (bicyclic) bond motifs is 4. The zero-order valence-electron chi connectivity index (χ0n) is 19.7. The predicted octanol–water partition coefficient (Wildman–Crippen LogP) is 7.99. The van der Waals surface area contributed by atoms with Crippen LogP contribution in [0.25, 0.3) is 44.1 Å². The first kappa shape index (κ1) is 23.0. The zero-order valence-corrected chi connectivity index (χ0v) is 21.3. The third-order valence-electron chi connectivity index (χ3n) is 6.54. The molecule has 1 aliphatic heterocycles. The van der Waals surface area contributed by atoms with Gasteiger partial charge in [0, 0.05) is 26.3 Å². The van der Waals surface area contributed by atoms with Crippen molar-refractivity contribution in [2.75, 3.05) is 0 Å². The summed E-state index contributed by atoms with van der Waals surface area (Å²) in [5.74, 6) is -0.697. The molecule has 5 heteroatoms. The molecule has 0 bridgehead atoms. The summed E-state index contributed by atoms with van der Waals surface area (Å²) in [5.41, 5.74) is 7.00. The lowest BCUT2D eigenvalue weighted by Gasteiger charge is -2.10. The van der Waals surface area contributed by atoms with E-state index >= 15 is 0 Å². The Kier molecular flexibility index (Phi) is 5.91. The number of carbonyl (C=O) groups is 2. The topological polar surface area (TPSA) is 62.0 Å². The lowest BCUT2D eigenvalue weighted by molar-refractivity contribution is 0.0880. The van der Waals surface area contributed by atoms with Crippen LogP contribution in [0.5, 0.6) is 0 Å². The second-order valence-corrected chi connectivity index (χ2v) is 9.61. The number of hydrogen-bond donors (Lipinski definition) is 2. The van der Waals surface area contributed by atoms with E-state index in [1.54, 1.807) is 12.1 Å². The number of benzene rings is 5. The van der Waals surface area contributed by atoms with Crippen LogP contribution in [-0.2, 0) is 0 Å². The highest BCUT2D eigenvalue weighted by atomic mass is 79.9. The number of amides is 2. The first-order valence-electron chi connectivity index (χ1n) is 11.9. The molecule has 178 valence electrons. The Bertz CT molecular complexity index is 1750. The molecular formula is C32H21BrN2O2. The van der Waals surface area contributed by atoms with Gasteiger partial charge in [0.2, 0.25) is 0 Å². The maximum absolute atomic E-state index is 12.3. The fourth-order valence-electron chi connectivity index (χ4n) is 4.85. The number of para-hydroxylation sites is 1. The van der Waals surface area contributed by atoms with Gasteiger partial charge < -0.3 is 4.98 Å². The van der Waals surface area contributed by atoms with Crippen LogP contribution in [0.2, 0.25) is 0 Å². The summed E-state index contributed by atoms with van der Waals surface area (Å²) in [6, 6.07) is 38.3. The molecule has 0 saturated carbocycles. The molecule has 0 radical (unpaired) electrons. The quantitative estimate of drug-likeness (QED) is 0.217. The minimum absolute atomic E-state index is 0.346. The highest BCUT2D eigenvalue weighted by Crippen LogP contribution is 2.40. The number of rotatable bonds is 2. The molecule has 7 rings (SSSR count). The fraction of sp³-hybridized carbons (Fsp3) is 0. The number of carbonyl (C=O) groups excluding carboxylic acids is 2. The Labute approximate surface area is 222 Å². The Balaban J connectivity index is 0.000000176. The van der Waals surface area contributed by atoms with E-state index < -0.39 is 0 Å². The summed E-state index contributed by atoms with van der Waals surface area (Å²) in [7, 11) is 0. The molecule has 0 aliphatic carbocycles. The second kappa shape index (κ2) is 9.52. The number of H-pyrrole nitrogens is 1. The summed E-state index contributed by atoms with van der Waals surface area (Å²) in [6.45, 7) is 0. The Morgan fingerprint density at radius 3 is 1.84 bits per heavy atom. The molecule has 2 amide bonds. The van der Waals surface area contributed by atoms with Crippen molar-refractivity contribution in [1.82, 2.24) is 10.3 Å². The van der Waals surface area contributed by atoms with Gasteiger partial charge >= 0.3 is 0 Å². The molecule has 6 aromatic rings. The van der Waals surface area contributed by atoms with Gasteiger partial charge in [-0.15, -0.1) is 0 Å². The fourth-order valence-corrected chi connectivity index (χ4v) is 5.39. The van der Waals surface area contributed by atoms with Crippen molar-refractivity contribution in [3.63, 3.8) is 0 Å². The number of halogens is 1. The Morgan fingerprint density at radius 2 is 1.14 bits per heavy atom. The summed E-state index contributed by atoms with van der Waals surface area (Å²) in [4.78, 5) is 27.8. The van der Waals surface area contributed by atoms with Crippen molar-refractivity contribution >= 4 is 49.6 Å². The molecule has 5 aromatic carbocycles. The summed E-state index contributed by atoms with van der Waals surface area (Å²) < 4.78 is 0.868. The van der Waals surface area contributed by atoms with Gasteiger partial charge in [-0.25, -0.2) is 0 Å². The molecule has 0 saturated heterocycles. The van der Waals surface area contributed by atoms with Gasteiger partial charge in [-0.1, -0.05) is 113 Å². The number of nitrogens with one attached hydrogen (secondary N) is 2. The van der Waals surface area contributed by atoms with Gasteiger partial charge in [-0.05, 0) is 34.9 Å². The normalized spacial score (nSPS) is 12.2. The van der Waals surface area contributed by atoms with Crippen molar-refractivity contribution in [3.8, 4) is 22.3 Å². The number of hydrogen-bond acceptors (Lipinski definition) is 2. The standard InChI is InChI=1S/C20H11BrN2O2.C12H10/c21-14-9-8-11-10-4-1-2-7-15(10)22-18(11)17(14)12-5-3-6-13-16(12)20(25)23-19(13)24;1-3-7-11(8-4-1)12-9-5-2-6-10-12/h1-9,22H,(H,23,24,25);1-10H. The summed E-state index contributed by atoms with van der Waals surface area (Å²) >= 11 is 3.62. The third kappa shape index (κ3) is 4.13. The number of imide groups is 1. The zero-order chi connectivity index (χ0) is 25.4. The Hall–Kier alpha value is -4.48. The van der Waals surface area contributed by atoms with E-state index in [1.165, 1.54) is 11.1 Å². The minimum Gasteiger partial charge on any atom is -0.354 e. The van der Waals surface area contributed by atoms with Crippen molar-refractivity contribution in [3.05, 3.63) is 131 Å². The first-order chi connectivity index (χ1) is 18.1. The van der Waals surface area contributed by atoms with E-state index in [2.05, 4.69) is 86.9 Å². The average molecular weight is 545 g/mol. The maximum Gasteiger partial charge on any atom is 0.259 e. The van der Waals surface area contributed by atoms with Gasteiger partial charge in [0.15, 0.2) is 0 Å². The molecule has 1 aromatic heterocycles. The molecule has 0 spiro atoms. The highest BCUT2D eigenvalue weighted by molar-refractivity contribution is 9.10. The van der Waals surface area contributed by atoms with E-state index in [-0.39, 0.29) is 11.8 Å². The van der Waals surface area contributed by atoms with Gasteiger partial charge in [0.1, 0.15) is 0 Å². The van der Waals surface area contributed by atoms with Gasteiger partial charge in [0.05, 0.1) is 16.6 Å². The van der Waals surface area contributed by atoms with Crippen LogP contribution in [0.1, 0.15) is 20.7 Å². The monoisotopic (exact) mass is 544 g/mol. The van der Waals surface area contributed by atoms with E-state index in [0.717, 1.165) is 37.4 Å². The highest BCUT2D eigenvalue weighted by Gasteiger charge is 2.30. The van der Waals surface area contributed by atoms with Crippen LogP contribution >= 0.6 is 15.9 Å². The van der Waals surface area contributed by atoms with Crippen LogP contribution < -0.4 is 5.32 Å². The average Bonchev–Trinajstić information content (AvgIpc) is 3.46. The van der Waals surface area contributed by atoms with E-state index in [4.69, 9.17) is 0 Å². The predicted molar refractivity (Wildman–Crippen MR) is 153 cm³/mol. The SMILES string of the molecule is O=C1NC(=O)c2c1cccc2-c1c(Br)ccc2c1[nH]c1ccccc12.c1ccc(-c2ccccc2)cc1. The van der Waals surface area contributed by atoms with Crippen molar-refractivity contribution in [1.29, 1.82) is 0 Å². The van der Waals surface area contributed by atoms with Gasteiger partial charge in [-0.3, -0.25) is 14.9 Å². The van der Waals surface area contributed by atoms with Crippen LogP contribution in [0.3, 0.4) is 0 Å². The largest absolute Gasteiger partial charge is 0.354 e. The molecule has 2 heterocycles. The molecule has 1 aliphatic rings. The Morgan fingerprint density at radius 1 is 0.514 bits per heavy atom. The summed E-state index contributed by atoms with van der Waals surface area (Å²) in [6.07, 6.45) is 0.